The number of ketones is 1. The molecule has 3 rings (SSSR count). The van der Waals surface area contributed by atoms with Crippen LogP contribution in [0.25, 0.3) is 11.2 Å². The first kappa shape index (κ1) is 20.1. The molecule has 152 valence electrons. The zero-order chi connectivity index (χ0) is 20.4. The summed E-state index contributed by atoms with van der Waals surface area (Å²) in [6.45, 7) is 3.31. The second-order valence-electron chi connectivity index (χ2n) is 6.78. The van der Waals surface area contributed by atoms with Crippen molar-refractivity contribution in [3.8, 4) is 0 Å². The van der Waals surface area contributed by atoms with E-state index in [1.807, 2.05) is 0 Å². The molecule has 1 saturated heterocycles. The van der Waals surface area contributed by atoms with Gasteiger partial charge in [-0.15, -0.1) is 0 Å². The third kappa shape index (κ3) is 3.81. The van der Waals surface area contributed by atoms with Crippen LogP contribution < -0.4 is 10.9 Å². The zero-order valence-corrected chi connectivity index (χ0v) is 15.6. The zero-order valence-electron chi connectivity index (χ0n) is 15.6. The quantitative estimate of drug-likeness (QED) is 0.467. The van der Waals surface area contributed by atoms with Crippen molar-refractivity contribution in [1.82, 2.24) is 19.5 Å². The molecule has 1 aliphatic rings. The molecule has 1 amide bonds. The van der Waals surface area contributed by atoms with Gasteiger partial charge in [-0.2, -0.15) is 4.98 Å². The van der Waals surface area contributed by atoms with E-state index in [-0.39, 0.29) is 54.7 Å². The Hall–Kier alpha value is -2.63. The average Bonchev–Trinajstić information content (AvgIpc) is 3.18. The molecule has 3 heterocycles. The molecule has 1 fully saturated rings. The molecule has 0 bridgehead atoms. The number of aromatic nitrogens is 4. The van der Waals surface area contributed by atoms with Crippen LogP contribution in [0, 0.1) is 5.92 Å². The highest BCUT2D eigenvalue weighted by atomic mass is 16.5. The molecule has 2 aromatic rings. The Bertz CT molecular complexity index is 938. The number of carbonyl (C=O) groups is 2. The van der Waals surface area contributed by atoms with Crippen LogP contribution in [0.4, 0.5) is 5.95 Å². The normalized spacial score (nSPS) is 24.6. The lowest BCUT2D eigenvalue weighted by Crippen LogP contribution is -2.26. The predicted molar refractivity (Wildman–Crippen MR) is 97.5 cm³/mol. The summed E-state index contributed by atoms with van der Waals surface area (Å²) in [5.41, 5.74) is -0.327. The number of imidazole rings is 1. The summed E-state index contributed by atoms with van der Waals surface area (Å²) >= 11 is 0. The summed E-state index contributed by atoms with van der Waals surface area (Å²) < 4.78 is 7.35. The van der Waals surface area contributed by atoms with Crippen LogP contribution in [-0.4, -0.2) is 60.2 Å². The maximum Gasteiger partial charge on any atom is 0.280 e. The maximum absolute atomic E-state index is 12.3. The molecule has 4 N–H and O–H groups in total. The van der Waals surface area contributed by atoms with Crippen molar-refractivity contribution in [2.45, 2.75) is 51.5 Å². The number of aliphatic hydroxyl groups is 2. The minimum absolute atomic E-state index is 0.0542. The van der Waals surface area contributed by atoms with Gasteiger partial charge in [0, 0.05) is 18.9 Å². The molecule has 28 heavy (non-hydrogen) atoms. The van der Waals surface area contributed by atoms with E-state index in [2.05, 4.69) is 20.3 Å². The fraction of sp³-hybridized carbons (Fsp3) is 0.588. The van der Waals surface area contributed by atoms with Gasteiger partial charge in [0.1, 0.15) is 12.0 Å². The van der Waals surface area contributed by atoms with E-state index < -0.39 is 29.9 Å². The van der Waals surface area contributed by atoms with Gasteiger partial charge < -0.3 is 14.9 Å². The first-order chi connectivity index (χ1) is 13.3. The van der Waals surface area contributed by atoms with Gasteiger partial charge in [-0.25, -0.2) is 4.98 Å². The Morgan fingerprint density at radius 3 is 2.86 bits per heavy atom. The molecule has 0 radical (unpaired) electrons. The van der Waals surface area contributed by atoms with Gasteiger partial charge in [0.15, 0.2) is 11.2 Å². The summed E-state index contributed by atoms with van der Waals surface area (Å²) in [6.07, 6.45) is -0.410. The lowest BCUT2D eigenvalue weighted by molar-refractivity contribution is -0.125. The Balaban J connectivity index is 1.91. The topological polar surface area (TPSA) is 159 Å². The van der Waals surface area contributed by atoms with E-state index in [0.717, 1.165) is 0 Å². The number of Topliss-reactive ketones (excluding diaryl/α,β-unsaturated/α-hetero) is 1. The molecule has 1 aliphatic heterocycles. The molecule has 0 aliphatic carbocycles. The third-order valence-electron chi connectivity index (χ3n) is 4.81. The molecule has 1 unspecified atom stereocenters. The smallest absolute Gasteiger partial charge is 0.280 e. The minimum Gasteiger partial charge on any atom is -0.396 e. The Morgan fingerprint density at radius 2 is 2.18 bits per heavy atom. The number of nitrogens with one attached hydrogen (secondary N) is 2. The number of carbonyl (C=O) groups excluding carboxylic acids is 2. The fourth-order valence-electron chi connectivity index (χ4n) is 3.23. The van der Waals surface area contributed by atoms with E-state index >= 15 is 0 Å². The molecule has 0 spiro atoms. The summed E-state index contributed by atoms with van der Waals surface area (Å²) in [5.74, 6) is -1.26. The fourth-order valence-corrected chi connectivity index (χ4v) is 3.23. The molecule has 11 nitrogen and oxygen atoms in total. The van der Waals surface area contributed by atoms with E-state index in [1.54, 1.807) is 13.8 Å². The van der Waals surface area contributed by atoms with E-state index in [4.69, 9.17) is 9.84 Å². The van der Waals surface area contributed by atoms with Crippen LogP contribution in [0.1, 0.15) is 39.3 Å². The SMILES string of the molecule is CCC(=O)CC(=O)Nc1nc2c(ncn2[C@@H]2O[C@H](CCO)[C@H](O)C2C)c(=O)[nH]1. The third-order valence-corrected chi connectivity index (χ3v) is 4.81. The average molecular weight is 393 g/mol. The number of aliphatic hydroxyl groups excluding tert-OH is 2. The molecule has 11 heteroatoms. The van der Waals surface area contributed by atoms with E-state index in [9.17, 15) is 19.5 Å². The minimum atomic E-state index is -0.796. The number of amides is 1. The van der Waals surface area contributed by atoms with Crippen molar-refractivity contribution in [3.05, 3.63) is 16.7 Å². The number of nitrogens with zero attached hydrogens (tertiary/aromatic N) is 3. The van der Waals surface area contributed by atoms with Crippen LogP contribution >= 0.6 is 0 Å². The molecular formula is C17H23N5O6. The first-order valence-electron chi connectivity index (χ1n) is 9.08. The number of fused-ring (bicyclic) bond motifs is 1. The van der Waals surface area contributed by atoms with Crippen molar-refractivity contribution in [2.75, 3.05) is 11.9 Å². The van der Waals surface area contributed by atoms with Gasteiger partial charge >= 0.3 is 0 Å². The van der Waals surface area contributed by atoms with Crippen molar-refractivity contribution in [2.24, 2.45) is 5.92 Å². The maximum atomic E-state index is 12.3. The van der Waals surface area contributed by atoms with Crippen molar-refractivity contribution in [3.63, 3.8) is 0 Å². The second-order valence-corrected chi connectivity index (χ2v) is 6.78. The molecule has 2 aromatic heterocycles. The van der Waals surface area contributed by atoms with Crippen LogP contribution in [0.2, 0.25) is 0 Å². The molecular weight excluding hydrogens is 370 g/mol. The van der Waals surface area contributed by atoms with E-state index in [0.29, 0.717) is 0 Å². The van der Waals surface area contributed by atoms with Crippen molar-refractivity contribution in [1.29, 1.82) is 0 Å². The van der Waals surface area contributed by atoms with Crippen molar-refractivity contribution >= 4 is 28.8 Å². The number of ether oxygens (including phenoxy) is 1. The van der Waals surface area contributed by atoms with Gasteiger partial charge in [0.2, 0.25) is 11.9 Å². The van der Waals surface area contributed by atoms with Crippen LogP contribution in [0.3, 0.4) is 0 Å². The number of H-pyrrole nitrogens is 1. The van der Waals surface area contributed by atoms with Gasteiger partial charge in [-0.05, 0) is 6.42 Å². The Morgan fingerprint density at radius 1 is 1.43 bits per heavy atom. The Labute approximate surface area is 159 Å². The standard InChI is InChI=1S/C17H23N5O6/c1-3-9(24)6-11(25)19-17-20-14-12(15(27)21-17)18-7-22(14)16-8(2)13(26)10(28-16)4-5-23/h7-8,10,13,16,23,26H,3-6H2,1-2H3,(H2,19,20,21,25,27)/t8?,10-,13-,16-/m1/s1. The number of rotatable bonds is 7. The van der Waals surface area contributed by atoms with Gasteiger partial charge in [0.25, 0.3) is 5.56 Å². The molecule has 0 aromatic carbocycles. The highest BCUT2D eigenvalue weighted by Gasteiger charge is 2.42. The number of hydrogen-bond acceptors (Lipinski definition) is 8. The lowest BCUT2D eigenvalue weighted by Gasteiger charge is -2.17. The number of anilines is 1. The summed E-state index contributed by atoms with van der Waals surface area (Å²) in [7, 11) is 0. The van der Waals surface area contributed by atoms with Crippen LogP contribution in [0.5, 0.6) is 0 Å². The lowest BCUT2D eigenvalue weighted by atomic mass is 10.0. The highest BCUT2D eigenvalue weighted by molar-refractivity contribution is 6.03. The van der Waals surface area contributed by atoms with E-state index in [1.165, 1.54) is 10.9 Å². The largest absolute Gasteiger partial charge is 0.396 e. The molecule has 0 saturated carbocycles. The van der Waals surface area contributed by atoms with Gasteiger partial charge in [-0.1, -0.05) is 13.8 Å². The summed E-state index contributed by atoms with van der Waals surface area (Å²) in [5, 5.41) is 21.8. The van der Waals surface area contributed by atoms with Gasteiger partial charge in [-0.3, -0.25) is 29.3 Å². The Kier molecular flexibility index (Phi) is 5.87. The summed E-state index contributed by atoms with van der Waals surface area (Å²) in [4.78, 5) is 46.3. The predicted octanol–water partition coefficient (Wildman–Crippen LogP) is -0.296. The number of hydrogen-bond donors (Lipinski definition) is 4. The first-order valence-corrected chi connectivity index (χ1v) is 9.08. The highest BCUT2D eigenvalue weighted by Crippen LogP contribution is 2.36. The van der Waals surface area contributed by atoms with Crippen LogP contribution in [-0.2, 0) is 14.3 Å². The second kappa shape index (κ2) is 8.17. The van der Waals surface area contributed by atoms with Crippen LogP contribution in [0.15, 0.2) is 11.1 Å². The monoisotopic (exact) mass is 393 g/mol. The number of aromatic amines is 1. The van der Waals surface area contributed by atoms with Crippen molar-refractivity contribution < 1.29 is 24.5 Å². The van der Waals surface area contributed by atoms with Gasteiger partial charge in [0.05, 0.1) is 25.0 Å². The molecule has 4 atom stereocenters. The summed E-state index contributed by atoms with van der Waals surface area (Å²) in [6, 6.07) is 0.